The topological polar surface area (TPSA) is 36.9 Å². The Kier molecular flexibility index (Phi) is 9.43. The van der Waals surface area contributed by atoms with Crippen molar-refractivity contribution in [2.24, 2.45) is 0 Å². The van der Waals surface area contributed by atoms with Gasteiger partial charge in [0.2, 0.25) is 0 Å². The molecule has 0 spiro atoms. The molecule has 38 heavy (non-hydrogen) atoms. The van der Waals surface area contributed by atoms with Gasteiger partial charge in [0.1, 0.15) is 0 Å². The van der Waals surface area contributed by atoms with Crippen LogP contribution in [-0.2, 0) is 38.8 Å². The quantitative estimate of drug-likeness (QED) is 0.219. The number of hydrogen-bond acceptors (Lipinski definition) is 4. The fraction of sp³-hybridized carbons (Fsp3) is 0.212. The Morgan fingerprint density at radius 3 is 1.47 bits per heavy atom. The molecule has 4 nitrogen and oxygen atoms in total. The van der Waals surface area contributed by atoms with Crippen molar-refractivity contribution in [3.05, 3.63) is 150 Å². The Bertz CT molecular complexity index is 1250. The van der Waals surface area contributed by atoms with E-state index in [1.807, 2.05) is 60.7 Å². The van der Waals surface area contributed by atoms with Crippen molar-refractivity contribution >= 4 is 19.4 Å². The summed E-state index contributed by atoms with van der Waals surface area (Å²) in [5.41, 5.74) is 3.28. The SMILES string of the molecule is C=C1O[C@@H]([Se]c2ccccc2)[C@H](OCc2ccccc2)[C@@H](OCc2ccccc2)[C@@H]1OCc1ccccc1. The summed E-state index contributed by atoms with van der Waals surface area (Å²) in [6.45, 7) is 5.62. The van der Waals surface area contributed by atoms with E-state index in [0.29, 0.717) is 25.6 Å². The molecule has 1 fully saturated rings. The molecule has 0 saturated carbocycles. The van der Waals surface area contributed by atoms with E-state index in [4.69, 9.17) is 18.9 Å². The van der Waals surface area contributed by atoms with Crippen LogP contribution in [0.25, 0.3) is 0 Å². The molecule has 194 valence electrons. The molecule has 1 heterocycles. The van der Waals surface area contributed by atoms with Gasteiger partial charge in [0.15, 0.2) is 0 Å². The molecule has 0 aliphatic carbocycles. The predicted octanol–water partition coefficient (Wildman–Crippen LogP) is 5.64. The standard InChI is InChI=1S/C33H32O4Se/c1-25-30(34-22-26-14-6-2-7-15-26)31(35-23-27-16-8-3-9-17-27)32(36-24-28-18-10-4-11-19-28)33(37-25)38-29-20-12-5-13-21-29/h2-21,30-33H,1,22-24H2/t30-,31+,32-,33+/m1/s1. The molecule has 5 heteroatoms. The molecule has 1 saturated heterocycles. The molecule has 4 aromatic carbocycles. The molecule has 0 aromatic heterocycles. The van der Waals surface area contributed by atoms with E-state index in [-0.39, 0.29) is 32.2 Å². The van der Waals surface area contributed by atoms with Gasteiger partial charge in [-0.1, -0.05) is 0 Å². The van der Waals surface area contributed by atoms with Gasteiger partial charge in [-0.15, -0.1) is 0 Å². The van der Waals surface area contributed by atoms with E-state index in [2.05, 4.69) is 67.2 Å². The Morgan fingerprint density at radius 2 is 0.974 bits per heavy atom. The van der Waals surface area contributed by atoms with E-state index in [9.17, 15) is 0 Å². The molecule has 1 aliphatic heterocycles. The van der Waals surface area contributed by atoms with Gasteiger partial charge >= 0.3 is 232 Å². The summed E-state index contributed by atoms with van der Waals surface area (Å²) in [5, 5.41) is -0.210. The number of benzene rings is 4. The summed E-state index contributed by atoms with van der Waals surface area (Å²) in [6, 6.07) is 41.0. The zero-order valence-corrected chi connectivity index (χ0v) is 22.9. The van der Waals surface area contributed by atoms with Crippen LogP contribution in [0, 0.1) is 0 Å². The van der Waals surface area contributed by atoms with Crippen LogP contribution in [0.15, 0.2) is 134 Å². The molecule has 5 rings (SSSR count). The Labute approximate surface area is 231 Å². The minimum absolute atomic E-state index is 0.0235. The monoisotopic (exact) mass is 572 g/mol. The summed E-state index contributed by atoms with van der Waals surface area (Å²) >= 11 is -0.0235. The summed E-state index contributed by atoms with van der Waals surface area (Å²) in [5.74, 6) is 0.585. The van der Waals surface area contributed by atoms with Gasteiger partial charge in [0, 0.05) is 0 Å². The third-order valence-corrected chi connectivity index (χ3v) is 8.71. The van der Waals surface area contributed by atoms with Gasteiger partial charge in [-0.2, -0.15) is 0 Å². The fourth-order valence-corrected chi connectivity index (χ4v) is 6.71. The first-order chi connectivity index (χ1) is 18.8. The molecule has 0 radical (unpaired) electrons. The zero-order chi connectivity index (χ0) is 26.0. The minimum atomic E-state index is -0.470. The first-order valence-electron chi connectivity index (χ1n) is 12.8. The molecule has 0 unspecified atom stereocenters. The summed E-state index contributed by atoms with van der Waals surface area (Å²) in [6.07, 6.45) is -1.20. The van der Waals surface area contributed by atoms with Crippen LogP contribution in [0.5, 0.6) is 0 Å². The maximum atomic E-state index is 6.63. The van der Waals surface area contributed by atoms with Crippen LogP contribution >= 0.6 is 0 Å². The number of rotatable bonds is 11. The van der Waals surface area contributed by atoms with Crippen molar-refractivity contribution in [3.63, 3.8) is 0 Å². The first kappa shape index (κ1) is 26.4. The Balaban J connectivity index is 1.42. The molecule has 4 atom stereocenters. The average molecular weight is 572 g/mol. The van der Waals surface area contributed by atoms with Crippen molar-refractivity contribution in [1.29, 1.82) is 0 Å². The number of ether oxygens (including phenoxy) is 4. The van der Waals surface area contributed by atoms with E-state index < -0.39 is 6.10 Å². The summed E-state index contributed by atoms with van der Waals surface area (Å²) in [7, 11) is 0. The zero-order valence-electron chi connectivity index (χ0n) is 21.2. The van der Waals surface area contributed by atoms with Crippen LogP contribution in [0.4, 0.5) is 0 Å². The molecule has 1 aliphatic rings. The van der Waals surface area contributed by atoms with E-state index >= 15 is 0 Å². The van der Waals surface area contributed by atoms with Crippen LogP contribution in [-0.4, -0.2) is 38.3 Å². The number of hydrogen-bond donors (Lipinski definition) is 0. The third-order valence-electron chi connectivity index (χ3n) is 6.31. The van der Waals surface area contributed by atoms with E-state index in [1.54, 1.807) is 0 Å². The van der Waals surface area contributed by atoms with Crippen LogP contribution < -0.4 is 4.46 Å². The maximum absolute atomic E-state index is 6.63. The van der Waals surface area contributed by atoms with Gasteiger partial charge < -0.3 is 0 Å². The van der Waals surface area contributed by atoms with Crippen molar-refractivity contribution in [2.45, 2.75) is 43.1 Å². The van der Waals surface area contributed by atoms with Crippen molar-refractivity contribution in [1.82, 2.24) is 0 Å². The second kappa shape index (κ2) is 13.6. The van der Waals surface area contributed by atoms with Gasteiger partial charge in [0.05, 0.1) is 0 Å². The summed E-state index contributed by atoms with van der Waals surface area (Å²) < 4.78 is 27.4. The summed E-state index contributed by atoms with van der Waals surface area (Å²) in [4.78, 5) is 0. The van der Waals surface area contributed by atoms with Gasteiger partial charge in [-0.3, -0.25) is 0 Å². The van der Waals surface area contributed by atoms with Crippen molar-refractivity contribution < 1.29 is 18.9 Å². The molecule has 0 amide bonds. The van der Waals surface area contributed by atoms with E-state index in [0.717, 1.165) is 16.7 Å². The van der Waals surface area contributed by atoms with Crippen molar-refractivity contribution in [2.75, 3.05) is 0 Å². The van der Waals surface area contributed by atoms with Crippen LogP contribution in [0.2, 0.25) is 0 Å². The molecule has 0 N–H and O–H groups in total. The molecule has 0 bridgehead atoms. The Morgan fingerprint density at radius 1 is 0.553 bits per heavy atom. The van der Waals surface area contributed by atoms with Crippen LogP contribution in [0.3, 0.4) is 0 Å². The van der Waals surface area contributed by atoms with Crippen molar-refractivity contribution in [3.8, 4) is 0 Å². The second-order valence-electron chi connectivity index (χ2n) is 9.12. The van der Waals surface area contributed by atoms with Crippen LogP contribution in [0.1, 0.15) is 16.7 Å². The molecular formula is C33H32O4Se. The van der Waals surface area contributed by atoms with Gasteiger partial charge in [0.25, 0.3) is 0 Å². The first-order valence-corrected chi connectivity index (χ1v) is 14.6. The molecular weight excluding hydrogens is 539 g/mol. The predicted molar refractivity (Wildman–Crippen MR) is 151 cm³/mol. The normalized spacial score (nSPS) is 21.1. The fourth-order valence-electron chi connectivity index (χ4n) is 4.36. The second-order valence-corrected chi connectivity index (χ2v) is 11.6. The molecule has 4 aromatic rings. The van der Waals surface area contributed by atoms with Gasteiger partial charge in [-0.05, 0) is 0 Å². The van der Waals surface area contributed by atoms with Gasteiger partial charge in [-0.25, -0.2) is 0 Å². The third kappa shape index (κ3) is 7.22. The average Bonchev–Trinajstić information content (AvgIpc) is 2.97. The Hall–Kier alpha value is -3.18. The van der Waals surface area contributed by atoms with E-state index in [1.165, 1.54) is 4.46 Å².